The number of amides is 2. The van der Waals surface area contributed by atoms with Crippen molar-refractivity contribution in [3.05, 3.63) is 60.1 Å². The van der Waals surface area contributed by atoms with Crippen molar-refractivity contribution in [3.8, 4) is 0 Å². The van der Waals surface area contributed by atoms with Crippen molar-refractivity contribution >= 4 is 11.8 Å². The third-order valence-corrected chi connectivity index (χ3v) is 3.58. The van der Waals surface area contributed by atoms with Crippen molar-refractivity contribution in [2.75, 3.05) is 0 Å². The molecule has 2 amide bonds. The lowest BCUT2D eigenvalue weighted by molar-refractivity contribution is -0.129. The maximum atomic E-state index is 12.4. The van der Waals surface area contributed by atoms with Crippen LogP contribution in [0.3, 0.4) is 0 Å². The molecule has 0 aliphatic heterocycles. The summed E-state index contributed by atoms with van der Waals surface area (Å²) in [6, 6.07) is 12.5. The predicted molar refractivity (Wildman–Crippen MR) is 92.1 cm³/mol. The van der Waals surface area contributed by atoms with Gasteiger partial charge in [0, 0.05) is 0 Å². The molecule has 128 valence electrons. The number of carbonyl (C=O) groups is 2. The van der Waals surface area contributed by atoms with Crippen LogP contribution < -0.4 is 10.6 Å². The normalized spacial score (nSPS) is 12.0. The molecule has 5 heteroatoms. The summed E-state index contributed by atoms with van der Waals surface area (Å²) < 4.78 is 5.20. The first-order chi connectivity index (χ1) is 11.5. The highest BCUT2D eigenvalue weighted by Crippen LogP contribution is 2.07. The number of hydrogen-bond acceptors (Lipinski definition) is 3. The van der Waals surface area contributed by atoms with E-state index in [2.05, 4.69) is 10.6 Å². The predicted octanol–water partition coefficient (Wildman–Crippen LogP) is 2.67. The molecule has 0 saturated heterocycles. The van der Waals surface area contributed by atoms with Crippen LogP contribution in [0.5, 0.6) is 0 Å². The van der Waals surface area contributed by atoms with E-state index in [1.54, 1.807) is 18.4 Å². The van der Waals surface area contributed by atoms with Crippen molar-refractivity contribution in [1.82, 2.24) is 10.6 Å². The van der Waals surface area contributed by atoms with Crippen LogP contribution in [0, 0.1) is 5.92 Å². The highest BCUT2D eigenvalue weighted by Gasteiger charge is 2.22. The van der Waals surface area contributed by atoms with Gasteiger partial charge >= 0.3 is 0 Å². The fourth-order valence-corrected chi connectivity index (χ4v) is 2.44. The summed E-state index contributed by atoms with van der Waals surface area (Å²) in [6.07, 6.45) is 2.42. The van der Waals surface area contributed by atoms with E-state index in [-0.39, 0.29) is 18.2 Å². The average Bonchev–Trinajstić information content (AvgIpc) is 3.06. The van der Waals surface area contributed by atoms with Crippen LogP contribution in [0.4, 0.5) is 0 Å². The van der Waals surface area contributed by atoms with Gasteiger partial charge < -0.3 is 15.1 Å². The number of hydrogen-bond donors (Lipinski definition) is 2. The van der Waals surface area contributed by atoms with Gasteiger partial charge in [0.1, 0.15) is 11.8 Å². The van der Waals surface area contributed by atoms with Crippen LogP contribution in [0.25, 0.3) is 0 Å². The van der Waals surface area contributed by atoms with E-state index >= 15 is 0 Å². The zero-order valence-electron chi connectivity index (χ0n) is 14.1. The Kier molecular flexibility index (Phi) is 6.61. The van der Waals surface area contributed by atoms with Gasteiger partial charge in [0.15, 0.2) is 0 Å². The number of rotatable bonds is 8. The lowest BCUT2D eigenvalue weighted by Gasteiger charge is -2.20. The molecule has 5 nitrogen and oxygen atoms in total. The second-order valence-electron chi connectivity index (χ2n) is 6.21. The highest BCUT2D eigenvalue weighted by molar-refractivity contribution is 5.88. The van der Waals surface area contributed by atoms with Crippen LogP contribution in [-0.4, -0.2) is 17.9 Å². The summed E-state index contributed by atoms with van der Waals surface area (Å²) in [7, 11) is 0. The Hall–Kier alpha value is -2.56. The summed E-state index contributed by atoms with van der Waals surface area (Å²) in [4.78, 5) is 24.6. The fraction of sp³-hybridized carbons (Fsp3) is 0.368. The highest BCUT2D eigenvalue weighted by atomic mass is 16.3. The Morgan fingerprint density at radius 1 is 1.08 bits per heavy atom. The minimum atomic E-state index is -0.545. The van der Waals surface area contributed by atoms with E-state index in [0.717, 1.165) is 5.56 Å². The molecule has 24 heavy (non-hydrogen) atoms. The van der Waals surface area contributed by atoms with E-state index in [9.17, 15) is 9.59 Å². The molecular formula is C19H24N2O3. The molecule has 1 heterocycles. The molecule has 0 bridgehead atoms. The smallest absolute Gasteiger partial charge is 0.242 e. The molecule has 0 saturated carbocycles. The average molecular weight is 328 g/mol. The van der Waals surface area contributed by atoms with Crippen molar-refractivity contribution in [2.45, 2.75) is 39.3 Å². The SMILES string of the molecule is CC(C)C[C@H](NC(=O)Cc1ccccc1)C(=O)NCc1ccco1. The second-order valence-corrected chi connectivity index (χ2v) is 6.21. The Labute approximate surface area is 142 Å². The first-order valence-corrected chi connectivity index (χ1v) is 8.18. The molecule has 0 aliphatic carbocycles. The largest absolute Gasteiger partial charge is 0.467 e. The Morgan fingerprint density at radius 2 is 1.83 bits per heavy atom. The first-order valence-electron chi connectivity index (χ1n) is 8.18. The van der Waals surface area contributed by atoms with Gasteiger partial charge in [0.05, 0.1) is 19.2 Å². The summed E-state index contributed by atoms with van der Waals surface area (Å²) in [5.74, 6) is 0.630. The van der Waals surface area contributed by atoms with Gasteiger partial charge in [-0.25, -0.2) is 0 Å². The molecule has 0 fully saturated rings. The van der Waals surface area contributed by atoms with Crippen molar-refractivity contribution in [1.29, 1.82) is 0 Å². The van der Waals surface area contributed by atoms with Gasteiger partial charge in [0.2, 0.25) is 11.8 Å². The maximum absolute atomic E-state index is 12.4. The molecule has 2 aromatic rings. The molecule has 0 radical (unpaired) electrons. The number of furan rings is 1. The summed E-state index contributed by atoms with van der Waals surface area (Å²) >= 11 is 0. The van der Waals surface area contributed by atoms with Crippen molar-refractivity contribution < 1.29 is 14.0 Å². The van der Waals surface area contributed by atoms with Gasteiger partial charge in [0.25, 0.3) is 0 Å². The zero-order valence-corrected chi connectivity index (χ0v) is 14.1. The van der Waals surface area contributed by atoms with Crippen LogP contribution >= 0.6 is 0 Å². The van der Waals surface area contributed by atoms with E-state index < -0.39 is 6.04 Å². The second kappa shape index (κ2) is 8.91. The van der Waals surface area contributed by atoms with Crippen LogP contribution in [0.15, 0.2) is 53.1 Å². The van der Waals surface area contributed by atoms with E-state index in [0.29, 0.717) is 24.6 Å². The molecule has 1 atom stereocenters. The fourth-order valence-electron chi connectivity index (χ4n) is 2.44. The van der Waals surface area contributed by atoms with E-state index in [1.807, 2.05) is 44.2 Å². The molecule has 2 N–H and O–H groups in total. The van der Waals surface area contributed by atoms with Crippen LogP contribution in [-0.2, 0) is 22.6 Å². The molecule has 0 unspecified atom stereocenters. The Bertz CT molecular complexity index is 636. The van der Waals surface area contributed by atoms with Crippen molar-refractivity contribution in [3.63, 3.8) is 0 Å². The molecule has 0 aliphatic rings. The van der Waals surface area contributed by atoms with Gasteiger partial charge in [-0.2, -0.15) is 0 Å². The zero-order chi connectivity index (χ0) is 17.4. The number of carbonyl (C=O) groups excluding carboxylic acids is 2. The van der Waals surface area contributed by atoms with Crippen LogP contribution in [0.2, 0.25) is 0 Å². The van der Waals surface area contributed by atoms with Gasteiger partial charge in [-0.1, -0.05) is 44.2 Å². The maximum Gasteiger partial charge on any atom is 0.242 e. The van der Waals surface area contributed by atoms with E-state index in [4.69, 9.17) is 4.42 Å². The molecule has 1 aromatic heterocycles. The van der Waals surface area contributed by atoms with Gasteiger partial charge in [-0.15, -0.1) is 0 Å². The van der Waals surface area contributed by atoms with Crippen LogP contribution in [0.1, 0.15) is 31.6 Å². The number of nitrogens with one attached hydrogen (secondary N) is 2. The molecule has 0 spiro atoms. The minimum Gasteiger partial charge on any atom is -0.467 e. The first kappa shape index (κ1) is 17.8. The monoisotopic (exact) mass is 328 g/mol. The van der Waals surface area contributed by atoms with Gasteiger partial charge in [-0.3, -0.25) is 9.59 Å². The minimum absolute atomic E-state index is 0.153. The standard InChI is InChI=1S/C19H24N2O3/c1-14(2)11-17(19(23)20-13-16-9-6-10-24-16)21-18(22)12-15-7-4-3-5-8-15/h3-10,14,17H,11-13H2,1-2H3,(H,20,23)(H,21,22)/t17-/m0/s1. The molecular weight excluding hydrogens is 304 g/mol. The molecule has 2 rings (SSSR count). The quantitative estimate of drug-likeness (QED) is 0.782. The van der Waals surface area contributed by atoms with Gasteiger partial charge in [-0.05, 0) is 30.0 Å². The summed E-state index contributed by atoms with van der Waals surface area (Å²) in [6.45, 7) is 4.36. The lowest BCUT2D eigenvalue weighted by atomic mass is 10.0. The molecule has 1 aromatic carbocycles. The topological polar surface area (TPSA) is 71.3 Å². The number of benzene rings is 1. The third kappa shape index (κ3) is 5.91. The third-order valence-electron chi connectivity index (χ3n) is 3.58. The Balaban J connectivity index is 1.91. The lowest BCUT2D eigenvalue weighted by Crippen LogP contribution is -2.47. The van der Waals surface area contributed by atoms with Crippen molar-refractivity contribution in [2.24, 2.45) is 5.92 Å². The Morgan fingerprint density at radius 3 is 2.46 bits per heavy atom. The summed E-state index contributed by atoms with van der Waals surface area (Å²) in [5, 5.41) is 5.66. The summed E-state index contributed by atoms with van der Waals surface area (Å²) in [5.41, 5.74) is 0.925. The van der Waals surface area contributed by atoms with E-state index in [1.165, 1.54) is 0 Å².